The maximum Gasteiger partial charge on any atom is 0.222 e. The molecule has 0 fully saturated rings. The van der Waals surface area contributed by atoms with E-state index in [1.807, 2.05) is 0 Å². The van der Waals surface area contributed by atoms with Crippen LogP contribution in [0.1, 0.15) is 13.8 Å². The van der Waals surface area contributed by atoms with Crippen molar-refractivity contribution < 1.29 is 31.2 Å². The zero-order valence-corrected chi connectivity index (χ0v) is 8.12. The minimum absolute atomic E-state index is 0. The van der Waals surface area contributed by atoms with Crippen molar-refractivity contribution in [3.05, 3.63) is 11.9 Å². The molecule has 0 bridgehead atoms. The van der Waals surface area contributed by atoms with Gasteiger partial charge in [-0.2, -0.15) is 0 Å². The summed E-state index contributed by atoms with van der Waals surface area (Å²) in [6.07, 6.45) is 1.93. The van der Waals surface area contributed by atoms with Gasteiger partial charge >= 0.3 is 0 Å². The molecule has 0 saturated heterocycles. The first-order valence-corrected chi connectivity index (χ1v) is 4.49. The SMILES string of the molecule is C/C=C\P(=O)(O)CC.[Ti]. The molecule has 2 nitrogen and oxygen atoms in total. The number of hydrogen-bond donors (Lipinski definition) is 1. The third-order valence-electron chi connectivity index (χ3n) is 0.835. The van der Waals surface area contributed by atoms with Crippen molar-refractivity contribution in [3.63, 3.8) is 0 Å². The summed E-state index contributed by atoms with van der Waals surface area (Å²) < 4.78 is 10.7. The van der Waals surface area contributed by atoms with E-state index in [0.717, 1.165) is 0 Å². The summed E-state index contributed by atoms with van der Waals surface area (Å²) in [5, 5.41) is 0. The Hall–Kier alpha value is 0.644. The van der Waals surface area contributed by atoms with Crippen LogP contribution in [0.5, 0.6) is 0 Å². The van der Waals surface area contributed by atoms with Gasteiger partial charge in [-0.15, -0.1) is 0 Å². The van der Waals surface area contributed by atoms with Crippen LogP contribution in [0.2, 0.25) is 0 Å². The van der Waals surface area contributed by atoms with Gasteiger partial charge in [0.2, 0.25) is 7.37 Å². The van der Waals surface area contributed by atoms with E-state index in [-0.39, 0.29) is 21.7 Å². The zero-order chi connectivity index (χ0) is 6.62. The second kappa shape index (κ2) is 5.43. The summed E-state index contributed by atoms with van der Waals surface area (Å²) in [6, 6.07) is 0. The molecule has 0 saturated carbocycles. The molecule has 0 amide bonds. The predicted molar refractivity (Wildman–Crippen MR) is 35.2 cm³/mol. The van der Waals surface area contributed by atoms with Gasteiger partial charge in [0.1, 0.15) is 0 Å². The third kappa shape index (κ3) is 6.53. The minimum Gasteiger partial charge on any atom is -0.341 e. The van der Waals surface area contributed by atoms with Gasteiger partial charge in [0.15, 0.2) is 0 Å². The van der Waals surface area contributed by atoms with E-state index < -0.39 is 7.37 Å². The van der Waals surface area contributed by atoms with Crippen LogP contribution in [0.4, 0.5) is 0 Å². The molecule has 0 heterocycles. The molecule has 1 unspecified atom stereocenters. The molecule has 52 valence electrons. The predicted octanol–water partition coefficient (Wildman–Crippen LogP) is 1.81. The minimum atomic E-state index is -2.85. The third-order valence-corrected chi connectivity index (χ3v) is 2.51. The summed E-state index contributed by atoms with van der Waals surface area (Å²) in [5.41, 5.74) is 0. The van der Waals surface area contributed by atoms with Crippen molar-refractivity contribution in [2.75, 3.05) is 6.16 Å². The Morgan fingerprint density at radius 3 is 2.22 bits per heavy atom. The fourth-order valence-corrected chi connectivity index (χ4v) is 1.02. The average molecular weight is 182 g/mol. The van der Waals surface area contributed by atoms with Gasteiger partial charge < -0.3 is 4.89 Å². The Bertz CT molecular complexity index is 133. The van der Waals surface area contributed by atoms with Crippen LogP contribution in [0.3, 0.4) is 0 Å². The molecule has 0 aromatic rings. The van der Waals surface area contributed by atoms with Gasteiger partial charge in [-0.3, -0.25) is 4.57 Å². The molecule has 1 N–H and O–H groups in total. The second-order valence-corrected chi connectivity index (χ2v) is 4.00. The standard InChI is InChI=1S/C5H11O2P.Ti/c1-3-5-8(6,7)4-2;/h3,5H,4H2,1-2H3,(H,6,7);/b5-3-;. The van der Waals surface area contributed by atoms with E-state index in [9.17, 15) is 4.57 Å². The first kappa shape index (κ1) is 12.3. The first-order valence-electron chi connectivity index (χ1n) is 2.57. The Kier molecular flexibility index (Phi) is 7.44. The molecular weight excluding hydrogens is 171 g/mol. The van der Waals surface area contributed by atoms with Crippen LogP contribution in [0.15, 0.2) is 11.9 Å². The maximum atomic E-state index is 10.7. The summed E-state index contributed by atoms with van der Waals surface area (Å²) in [4.78, 5) is 8.79. The maximum absolute atomic E-state index is 10.7. The van der Waals surface area contributed by atoms with Crippen molar-refractivity contribution in [3.8, 4) is 0 Å². The largest absolute Gasteiger partial charge is 0.341 e. The summed E-state index contributed by atoms with van der Waals surface area (Å²) >= 11 is 0. The van der Waals surface area contributed by atoms with E-state index >= 15 is 0 Å². The molecule has 0 aliphatic rings. The first-order chi connectivity index (χ1) is 3.62. The fraction of sp³-hybridized carbons (Fsp3) is 0.600. The van der Waals surface area contributed by atoms with Crippen molar-refractivity contribution in [2.45, 2.75) is 13.8 Å². The molecule has 0 aromatic heterocycles. The van der Waals surface area contributed by atoms with E-state index in [0.29, 0.717) is 6.16 Å². The van der Waals surface area contributed by atoms with Crippen LogP contribution in [0, 0.1) is 0 Å². The van der Waals surface area contributed by atoms with Gasteiger partial charge in [0, 0.05) is 27.9 Å². The molecule has 0 radical (unpaired) electrons. The topological polar surface area (TPSA) is 37.3 Å². The molecule has 0 spiro atoms. The van der Waals surface area contributed by atoms with E-state index in [1.165, 1.54) is 5.82 Å². The van der Waals surface area contributed by atoms with E-state index in [2.05, 4.69) is 0 Å². The Morgan fingerprint density at radius 1 is 1.67 bits per heavy atom. The summed E-state index contributed by atoms with van der Waals surface area (Å²) in [7, 11) is -2.85. The van der Waals surface area contributed by atoms with E-state index in [4.69, 9.17) is 4.89 Å². The van der Waals surface area contributed by atoms with Crippen LogP contribution in [0.25, 0.3) is 0 Å². The van der Waals surface area contributed by atoms with Crippen molar-refractivity contribution in [1.29, 1.82) is 0 Å². The van der Waals surface area contributed by atoms with Crippen LogP contribution < -0.4 is 0 Å². The van der Waals surface area contributed by atoms with Crippen LogP contribution in [-0.2, 0) is 26.3 Å². The zero-order valence-electron chi connectivity index (χ0n) is 5.66. The molecule has 1 atom stereocenters. The number of rotatable bonds is 2. The number of allylic oxidation sites excluding steroid dienone is 1. The average Bonchev–Trinajstić information content (AvgIpc) is 1.67. The quantitative estimate of drug-likeness (QED) is 0.522. The molecule has 0 aliphatic heterocycles. The van der Waals surface area contributed by atoms with Crippen molar-refractivity contribution in [2.24, 2.45) is 0 Å². The summed E-state index contributed by atoms with van der Waals surface area (Å²) in [5.74, 6) is 1.35. The fourth-order valence-electron chi connectivity index (χ4n) is 0.338. The van der Waals surface area contributed by atoms with Gasteiger partial charge in [0.25, 0.3) is 0 Å². The smallest absolute Gasteiger partial charge is 0.222 e. The molecular formula is C5H11O2PTi. The second-order valence-electron chi connectivity index (χ2n) is 1.55. The Labute approximate surface area is 70.7 Å². The van der Waals surface area contributed by atoms with Gasteiger partial charge in [-0.1, -0.05) is 13.0 Å². The van der Waals surface area contributed by atoms with Gasteiger partial charge in [-0.25, -0.2) is 0 Å². The normalized spacial score (nSPS) is 16.8. The molecule has 0 aliphatic carbocycles. The van der Waals surface area contributed by atoms with Crippen molar-refractivity contribution >= 4 is 7.37 Å². The molecule has 4 heteroatoms. The molecule has 0 rings (SSSR count). The van der Waals surface area contributed by atoms with Crippen LogP contribution >= 0.6 is 7.37 Å². The monoisotopic (exact) mass is 182 g/mol. The molecule has 9 heavy (non-hydrogen) atoms. The molecule has 0 aromatic carbocycles. The van der Waals surface area contributed by atoms with Gasteiger partial charge in [-0.05, 0) is 12.7 Å². The van der Waals surface area contributed by atoms with E-state index in [1.54, 1.807) is 19.9 Å². The van der Waals surface area contributed by atoms with Crippen molar-refractivity contribution in [1.82, 2.24) is 0 Å². The van der Waals surface area contributed by atoms with Crippen LogP contribution in [-0.4, -0.2) is 11.1 Å². The Morgan fingerprint density at radius 2 is 2.11 bits per heavy atom. The summed E-state index contributed by atoms with van der Waals surface area (Å²) in [6.45, 7) is 3.43. The number of hydrogen-bond acceptors (Lipinski definition) is 1. The Balaban J connectivity index is 0. The van der Waals surface area contributed by atoms with Gasteiger partial charge in [0.05, 0.1) is 0 Å².